The average molecular weight is 222 g/mol. The maximum absolute atomic E-state index is 3.83. The van der Waals surface area contributed by atoms with Crippen molar-refractivity contribution in [3.8, 4) is 0 Å². The first kappa shape index (κ1) is 11.0. The van der Waals surface area contributed by atoms with Gasteiger partial charge in [0.1, 0.15) is 0 Å². The molecule has 0 aromatic heterocycles. The number of likely N-dealkylation sites (tertiary alicyclic amines) is 1. The van der Waals surface area contributed by atoms with Crippen LogP contribution in [0, 0.1) is 11.8 Å². The zero-order valence-electron chi connectivity index (χ0n) is 10.6. The van der Waals surface area contributed by atoms with E-state index in [1.807, 2.05) is 0 Å². The highest BCUT2D eigenvalue weighted by atomic mass is 15.2. The minimum atomic E-state index is 0.748. The summed E-state index contributed by atoms with van der Waals surface area (Å²) in [6, 6.07) is 1.53. The summed E-state index contributed by atoms with van der Waals surface area (Å²) in [5.41, 5.74) is 0. The molecule has 0 amide bonds. The maximum atomic E-state index is 3.83. The van der Waals surface area contributed by atoms with Gasteiger partial charge in [0.2, 0.25) is 0 Å². The zero-order chi connectivity index (χ0) is 11.0. The predicted molar refractivity (Wildman–Crippen MR) is 67.5 cm³/mol. The highest BCUT2D eigenvalue weighted by Crippen LogP contribution is 2.34. The van der Waals surface area contributed by atoms with Crippen molar-refractivity contribution >= 4 is 0 Å². The normalized spacial score (nSPS) is 33.2. The summed E-state index contributed by atoms with van der Waals surface area (Å²) in [4.78, 5) is 2.68. The quantitative estimate of drug-likeness (QED) is 0.741. The van der Waals surface area contributed by atoms with Crippen molar-refractivity contribution in [3.05, 3.63) is 0 Å². The molecule has 2 nitrogen and oxygen atoms in total. The van der Waals surface area contributed by atoms with Gasteiger partial charge in [0.15, 0.2) is 0 Å². The summed E-state index contributed by atoms with van der Waals surface area (Å²) in [7, 11) is 0. The Labute approximate surface area is 99.8 Å². The first-order valence-corrected chi connectivity index (χ1v) is 7.28. The molecular weight excluding hydrogens is 196 g/mol. The lowest BCUT2D eigenvalue weighted by Crippen LogP contribution is -2.39. The van der Waals surface area contributed by atoms with E-state index in [1.54, 1.807) is 0 Å². The van der Waals surface area contributed by atoms with Crippen molar-refractivity contribution in [1.82, 2.24) is 10.2 Å². The van der Waals surface area contributed by atoms with Crippen LogP contribution in [0.4, 0.5) is 0 Å². The van der Waals surface area contributed by atoms with Crippen molar-refractivity contribution in [2.24, 2.45) is 11.8 Å². The molecule has 3 aliphatic rings. The van der Waals surface area contributed by atoms with Gasteiger partial charge in [0, 0.05) is 25.2 Å². The molecule has 2 aliphatic carbocycles. The van der Waals surface area contributed by atoms with E-state index in [0.717, 1.165) is 23.9 Å². The largest absolute Gasteiger partial charge is 0.310 e. The van der Waals surface area contributed by atoms with Gasteiger partial charge in [-0.05, 0) is 51.0 Å². The van der Waals surface area contributed by atoms with Crippen LogP contribution in [-0.4, -0.2) is 36.6 Å². The van der Waals surface area contributed by atoms with E-state index in [2.05, 4.69) is 17.1 Å². The molecule has 1 aliphatic heterocycles. The molecule has 0 aromatic rings. The molecular formula is C14H26N2. The van der Waals surface area contributed by atoms with Crippen LogP contribution in [0.25, 0.3) is 0 Å². The Hall–Kier alpha value is -0.0800. The summed E-state index contributed by atoms with van der Waals surface area (Å²) in [6.07, 6.45) is 8.76. The van der Waals surface area contributed by atoms with Crippen molar-refractivity contribution in [1.29, 1.82) is 0 Å². The van der Waals surface area contributed by atoms with Gasteiger partial charge in [-0.3, -0.25) is 0 Å². The number of nitrogens with zero attached hydrogens (tertiary/aromatic N) is 1. The molecule has 92 valence electrons. The molecule has 0 aromatic carbocycles. The van der Waals surface area contributed by atoms with Gasteiger partial charge < -0.3 is 10.2 Å². The zero-order valence-corrected chi connectivity index (χ0v) is 10.6. The van der Waals surface area contributed by atoms with Crippen LogP contribution in [0.15, 0.2) is 0 Å². The van der Waals surface area contributed by atoms with Crippen molar-refractivity contribution in [2.75, 3.05) is 19.6 Å². The van der Waals surface area contributed by atoms with E-state index in [9.17, 15) is 0 Å². The highest BCUT2D eigenvalue weighted by Gasteiger charge is 2.30. The van der Waals surface area contributed by atoms with Gasteiger partial charge >= 0.3 is 0 Å². The molecule has 2 unspecified atom stereocenters. The van der Waals surface area contributed by atoms with E-state index in [0.29, 0.717) is 0 Å². The summed E-state index contributed by atoms with van der Waals surface area (Å²) < 4.78 is 0. The smallest absolute Gasteiger partial charge is 0.0209 e. The van der Waals surface area contributed by atoms with E-state index in [1.165, 1.54) is 58.2 Å². The first-order chi connectivity index (χ1) is 7.79. The maximum Gasteiger partial charge on any atom is 0.0209 e. The van der Waals surface area contributed by atoms with E-state index in [4.69, 9.17) is 0 Å². The van der Waals surface area contributed by atoms with Crippen LogP contribution >= 0.6 is 0 Å². The van der Waals surface area contributed by atoms with Crippen LogP contribution in [0.3, 0.4) is 0 Å². The molecule has 2 atom stereocenters. The Morgan fingerprint density at radius 1 is 1.12 bits per heavy atom. The summed E-state index contributed by atoms with van der Waals surface area (Å²) in [6.45, 7) is 6.41. The fraction of sp³-hybridized carbons (Fsp3) is 1.00. The highest BCUT2D eigenvalue weighted by molar-refractivity contribution is 4.87. The minimum absolute atomic E-state index is 0.748. The molecule has 3 fully saturated rings. The number of rotatable bonds is 6. The predicted octanol–water partition coefficient (Wildman–Crippen LogP) is 2.25. The van der Waals surface area contributed by atoms with Gasteiger partial charge in [-0.25, -0.2) is 0 Å². The molecule has 0 spiro atoms. The molecule has 0 radical (unpaired) electrons. The molecule has 0 bridgehead atoms. The van der Waals surface area contributed by atoms with Gasteiger partial charge in [-0.15, -0.1) is 0 Å². The summed E-state index contributed by atoms with van der Waals surface area (Å²) in [5.74, 6) is 2.12. The molecule has 1 heterocycles. The van der Waals surface area contributed by atoms with Crippen LogP contribution in [0.2, 0.25) is 0 Å². The Bertz CT molecular complexity index is 233. The van der Waals surface area contributed by atoms with Crippen molar-refractivity contribution < 1.29 is 0 Å². The van der Waals surface area contributed by atoms with E-state index < -0.39 is 0 Å². The van der Waals surface area contributed by atoms with Crippen molar-refractivity contribution in [3.63, 3.8) is 0 Å². The van der Waals surface area contributed by atoms with Crippen molar-refractivity contribution in [2.45, 2.75) is 57.5 Å². The Kier molecular flexibility index (Phi) is 3.21. The summed E-state index contributed by atoms with van der Waals surface area (Å²) in [5, 5.41) is 3.83. The second kappa shape index (κ2) is 4.66. The van der Waals surface area contributed by atoms with Gasteiger partial charge in [-0.2, -0.15) is 0 Å². The second-order valence-electron chi connectivity index (χ2n) is 6.44. The summed E-state index contributed by atoms with van der Waals surface area (Å²) >= 11 is 0. The van der Waals surface area contributed by atoms with E-state index in [-0.39, 0.29) is 0 Å². The van der Waals surface area contributed by atoms with Gasteiger partial charge in [-0.1, -0.05) is 12.8 Å². The van der Waals surface area contributed by atoms with E-state index >= 15 is 0 Å². The van der Waals surface area contributed by atoms with Crippen LogP contribution in [0.5, 0.6) is 0 Å². The minimum Gasteiger partial charge on any atom is -0.310 e. The lowest BCUT2D eigenvalue weighted by Gasteiger charge is -2.20. The molecule has 1 saturated heterocycles. The second-order valence-corrected chi connectivity index (χ2v) is 6.44. The van der Waals surface area contributed by atoms with Crippen LogP contribution in [0.1, 0.15) is 45.4 Å². The van der Waals surface area contributed by atoms with Crippen LogP contribution in [-0.2, 0) is 0 Å². The number of hydrogen-bond acceptors (Lipinski definition) is 2. The molecule has 2 saturated carbocycles. The van der Waals surface area contributed by atoms with Gasteiger partial charge in [0.05, 0.1) is 0 Å². The monoisotopic (exact) mass is 222 g/mol. The Balaban J connectivity index is 1.35. The Morgan fingerprint density at radius 3 is 2.56 bits per heavy atom. The third-order valence-electron chi connectivity index (χ3n) is 4.39. The SMILES string of the molecule is CC(CC1CC1)NC1CCN(CC2CC2)C1. The Morgan fingerprint density at radius 2 is 1.88 bits per heavy atom. The first-order valence-electron chi connectivity index (χ1n) is 7.28. The molecule has 1 N–H and O–H groups in total. The standard InChI is InChI=1S/C14H26N2/c1-11(8-12-2-3-12)15-14-6-7-16(10-14)9-13-4-5-13/h11-15H,2-10H2,1H3. The van der Waals surface area contributed by atoms with Crippen LogP contribution < -0.4 is 5.32 Å². The molecule has 2 heteroatoms. The fourth-order valence-corrected chi connectivity index (χ4v) is 3.12. The van der Waals surface area contributed by atoms with Gasteiger partial charge in [0.25, 0.3) is 0 Å². The fourth-order valence-electron chi connectivity index (χ4n) is 3.12. The third-order valence-corrected chi connectivity index (χ3v) is 4.39. The number of nitrogens with one attached hydrogen (secondary N) is 1. The molecule has 3 rings (SSSR count). The molecule has 16 heavy (non-hydrogen) atoms. The third kappa shape index (κ3) is 3.21. The lowest BCUT2D eigenvalue weighted by atomic mass is 10.1. The number of hydrogen-bond donors (Lipinski definition) is 1. The lowest BCUT2D eigenvalue weighted by molar-refractivity contribution is 0.308. The topological polar surface area (TPSA) is 15.3 Å². The average Bonchev–Trinajstić information content (AvgIpc) is 3.11.